The van der Waals surface area contributed by atoms with E-state index < -0.39 is 6.04 Å². The third kappa shape index (κ3) is 4.54. The smallest absolute Gasteiger partial charge is 0.243 e. The molecule has 4 rings (SSSR count). The molecule has 0 radical (unpaired) electrons. The summed E-state index contributed by atoms with van der Waals surface area (Å²) in [4.78, 5) is 28.5. The fourth-order valence-electron chi connectivity index (χ4n) is 6.67. The van der Waals surface area contributed by atoms with Crippen LogP contribution in [0.3, 0.4) is 0 Å². The SMILES string of the molecule is CC1CCC2NC3=C(CC(C(=O)NCCN)N(C(=O)CCN)C3C3CCCC(O)C3)C2C1. The third-order valence-corrected chi connectivity index (χ3v) is 8.12. The van der Waals surface area contributed by atoms with Crippen molar-refractivity contribution in [2.24, 2.45) is 29.2 Å². The predicted molar refractivity (Wildman–Crippen MR) is 123 cm³/mol. The molecule has 2 aliphatic carbocycles. The molecule has 8 nitrogen and oxygen atoms in total. The van der Waals surface area contributed by atoms with Gasteiger partial charge in [-0.3, -0.25) is 9.59 Å². The van der Waals surface area contributed by atoms with Crippen LogP contribution in [0.5, 0.6) is 0 Å². The van der Waals surface area contributed by atoms with E-state index in [0.29, 0.717) is 43.8 Å². The topological polar surface area (TPSA) is 134 Å². The van der Waals surface area contributed by atoms with E-state index in [2.05, 4.69) is 17.6 Å². The molecule has 7 N–H and O–H groups in total. The summed E-state index contributed by atoms with van der Waals surface area (Å²) in [6.45, 7) is 3.34. The highest BCUT2D eigenvalue weighted by atomic mass is 16.3. The first-order chi connectivity index (χ1) is 15.4. The van der Waals surface area contributed by atoms with E-state index in [1.165, 1.54) is 17.7 Å². The van der Waals surface area contributed by atoms with Crippen molar-refractivity contribution < 1.29 is 14.7 Å². The monoisotopic (exact) mass is 447 g/mol. The molecule has 2 aliphatic heterocycles. The highest BCUT2D eigenvalue weighted by molar-refractivity contribution is 5.89. The Morgan fingerprint density at radius 2 is 1.97 bits per heavy atom. The van der Waals surface area contributed by atoms with Gasteiger partial charge in [-0.25, -0.2) is 0 Å². The molecule has 32 heavy (non-hydrogen) atoms. The summed E-state index contributed by atoms with van der Waals surface area (Å²) in [5.74, 6) is 1.05. The van der Waals surface area contributed by atoms with Crippen molar-refractivity contribution in [2.75, 3.05) is 19.6 Å². The Morgan fingerprint density at radius 3 is 2.69 bits per heavy atom. The van der Waals surface area contributed by atoms with Crippen LogP contribution in [0.15, 0.2) is 11.3 Å². The maximum absolute atomic E-state index is 13.4. The molecular weight excluding hydrogens is 406 g/mol. The maximum Gasteiger partial charge on any atom is 0.243 e. The van der Waals surface area contributed by atoms with E-state index in [9.17, 15) is 14.7 Å². The molecule has 180 valence electrons. The molecule has 2 amide bonds. The summed E-state index contributed by atoms with van der Waals surface area (Å²) in [5.41, 5.74) is 13.9. The molecule has 7 atom stereocenters. The highest BCUT2D eigenvalue weighted by Gasteiger charge is 2.51. The number of aliphatic hydroxyl groups excluding tert-OH is 1. The molecule has 0 saturated heterocycles. The fourth-order valence-corrected chi connectivity index (χ4v) is 6.67. The lowest BCUT2D eigenvalue weighted by molar-refractivity contribution is -0.145. The fraction of sp³-hybridized carbons (Fsp3) is 0.833. The second-order valence-electron chi connectivity index (χ2n) is 10.4. The van der Waals surface area contributed by atoms with Crippen molar-refractivity contribution in [3.05, 3.63) is 11.3 Å². The van der Waals surface area contributed by atoms with Gasteiger partial charge in [-0.2, -0.15) is 0 Å². The zero-order chi connectivity index (χ0) is 22.8. The molecule has 0 aromatic carbocycles. The van der Waals surface area contributed by atoms with Crippen LogP contribution in [0.1, 0.15) is 64.7 Å². The molecule has 0 bridgehead atoms. The molecule has 4 aliphatic rings. The van der Waals surface area contributed by atoms with E-state index in [1.807, 2.05) is 4.90 Å². The summed E-state index contributed by atoms with van der Waals surface area (Å²) in [5, 5.41) is 17.2. The van der Waals surface area contributed by atoms with Gasteiger partial charge < -0.3 is 32.1 Å². The number of rotatable bonds is 6. The number of aliphatic hydroxyl groups is 1. The van der Waals surface area contributed by atoms with Crippen LogP contribution in [0.2, 0.25) is 0 Å². The predicted octanol–water partition coefficient (Wildman–Crippen LogP) is 0.593. The first kappa shape index (κ1) is 23.5. The Balaban J connectivity index is 1.74. The largest absolute Gasteiger partial charge is 0.393 e. The average molecular weight is 448 g/mol. The second-order valence-corrected chi connectivity index (χ2v) is 10.4. The zero-order valence-electron chi connectivity index (χ0n) is 19.4. The van der Waals surface area contributed by atoms with Gasteiger partial charge in [0.25, 0.3) is 0 Å². The lowest BCUT2D eigenvalue weighted by Gasteiger charge is -2.47. The number of carbonyl (C=O) groups is 2. The number of carbonyl (C=O) groups excluding carboxylic acids is 2. The van der Waals surface area contributed by atoms with Crippen molar-refractivity contribution in [2.45, 2.75) is 88.9 Å². The number of hydrogen-bond donors (Lipinski definition) is 5. The summed E-state index contributed by atoms with van der Waals surface area (Å²) in [6.07, 6.45) is 7.28. The summed E-state index contributed by atoms with van der Waals surface area (Å²) in [6, 6.07) is -0.340. The maximum atomic E-state index is 13.4. The van der Waals surface area contributed by atoms with Crippen LogP contribution < -0.4 is 22.1 Å². The average Bonchev–Trinajstić information content (AvgIpc) is 3.13. The molecule has 2 fully saturated rings. The number of hydrogen-bond acceptors (Lipinski definition) is 6. The van der Waals surface area contributed by atoms with Gasteiger partial charge in [0, 0.05) is 50.1 Å². The first-order valence-corrected chi connectivity index (χ1v) is 12.6. The van der Waals surface area contributed by atoms with E-state index >= 15 is 0 Å². The first-order valence-electron chi connectivity index (χ1n) is 12.6. The number of amides is 2. The third-order valence-electron chi connectivity index (χ3n) is 8.12. The zero-order valence-corrected chi connectivity index (χ0v) is 19.4. The standard InChI is InChI=1S/C24H41N5O3/c1-14-5-6-19-17(11-14)18-13-20(24(32)27-10-9-26)29(21(31)7-8-25)23(22(18)28-19)15-3-2-4-16(30)12-15/h14-17,19-20,23,28,30H,2-13,25-26H2,1H3,(H,27,32). The van der Waals surface area contributed by atoms with Gasteiger partial charge in [0.1, 0.15) is 6.04 Å². The Bertz CT molecular complexity index is 741. The van der Waals surface area contributed by atoms with E-state index in [-0.39, 0.29) is 42.8 Å². The minimum atomic E-state index is -0.541. The van der Waals surface area contributed by atoms with Crippen molar-refractivity contribution in [1.29, 1.82) is 0 Å². The van der Waals surface area contributed by atoms with Crippen LogP contribution in [-0.4, -0.2) is 65.7 Å². The van der Waals surface area contributed by atoms with Gasteiger partial charge in [-0.1, -0.05) is 13.3 Å². The van der Waals surface area contributed by atoms with E-state index in [4.69, 9.17) is 11.5 Å². The van der Waals surface area contributed by atoms with Crippen molar-refractivity contribution in [3.8, 4) is 0 Å². The van der Waals surface area contributed by atoms with Crippen LogP contribution >= 0.6 is 0 Å². The van der Waals surface area contributed by atoms with Crippen LogP contribution in [-0.2, 0) is 9.59 Å². The van der Waals surface area contributed by atoms with Gasteiger partial charge in [0.15, 0.2) is 0 Å². The van der Waals surface area contributed by atoms with Gasteiger partial charge >= 0.3 is 0 Å². The molecule has 2 saturated carbocycles. The minimum Gasteiger partial charge on any atom is -0.393 e. The van der Waals surface area contributed by atoms with Gasteiger partial charge in [0.2, 0.25) is 11.8 Å². The second kappa shape index (κ2) is 10.1. The van der Waals surface area contributed by atoms with E-state index in [1.54, 1.807) is 0 Å². The number of nitrogens with two attached hydrogens (primary N) is 2. The number of nitrogens with zero attached hydrogens (tertiary/aromatic N) is 1. The summed E-state index contributed by atoms with van der Waals surface area (Å²) < 4.78 is 0. The number of fused-ring (bicyclic) bond motifs is 2. The van der Waals surface area contributed by atoms with Crippen LogP contribution in [0.25, 0.3) is 0 Å². The Labute approximate surface area is 191 Å². The molecule has 0 aromatic heterocycles. The summed E-state index contributed by atoms with van der Waals surface area (Å²) in [7, 11) is 0. The van der Waals surface area contributed by atoms with Gasteiger partial charge in [0.05, 0.1) is 12.1 Å². The Kier molecular flexibility index (Phi) is 7.42. The van der Waals surface area contributed by atoms with Gasteiger partial charge in [-0.05, 0) is 55.9 Å². The minimum absolute atomic E-state index is 0.0675. The number of nitrogens with one attached hydrogen (secondary N) is 2. The quantitative estimate of drug-likeness (QED) is 0.405. The van der Waals surface area contributed by atoms with E-state index in [0.717, 1.165) is 32.1 Å². The summed E-state index contributed by atoms with van der Waals surface area (Å²) >= 11 is 0. The molecule has 0 spiro atoms. The molecular formula is C24H41N5O3. The van der Waals surface area contributed by atoms with Crippen molar-refractivity contribution >= 4 is 11.8 Å². The lowest BCUT2D eigenvalue weighted by atomic mass is 9.72. The Hall–Kier alpha value is -1.64. The lowest BCUT2D eigenvalue weighted by Crippen LogP contribution is -2.60. The van der Waals surface area contributed by atoms with Crippen LogP contribution in [0.4, 0.5) is 0 Å². The molecule has 0 aromatic rings. The van der Waals surface area contributed by atoms with Gasteiger partial charge in [-0.15, -0.1) is 0 Å². The van der Waals surface area contributed by atoms with Crippen LogP contribution in [0, 0.1) is 17.8 Å². The van der Waals surface area contributed by atoms with Crippen molar-refractivity contribution in [1.82, 2.24) is 15.5 Å². The molecule has 2 heterocycles. The van der Waals surface area contributed by atoms with Crippen molar-refractivity contribution in [3.63, 3.8) is 0 Å². The highest BCUT2D eigenvalue weighted by Crippen LogP contribution is 2.48. The molecule has 8 heteroatoms. The normalized spacial score (nSPS) is 36.9. The Morgan fingerprint density at radius 1 is 1.16 bits per heavy atom. The molecule has 7 unspecified atom stereocenters.